The molecule has 1 heterocycles. The Balaban J connectivity index is 0.00000248. The Morgan fingerprint density at radius 1 is 0.977 bits per heavy atom. The molecule has 43 heavy (non-hydrogen) atoms. The molecule has 2 aromatic carbocycles. The number of carbonyl (C=O) groups excluding carboxylic acids is 1. The zero-order valence-corrected chi connectivity index (χ0v) is 25.4. The summed E-state index contributed by atoms with van der Waals surface area (Å²) in [7, 11) is 0. The van der Waals surface area contributed by atoms with Crippen LogP contribution in [0.5, 0.6) is 0 Å². The van der Waals surface area contributed by atoms with E-state index in [1.54, 1.807) is 12.1 Å². The summed E-state index contributed by atoms with van der Waals surface area (Å²) in [6.45, 7) is 8.30. The van der Waals surface area contributed by atoms with Crippen molar-refractivity contribution < 1.29 is 29.3 Å². The van der Waals surface area contributed by atoms with E-state index in [2.05, 4.69) is 17.5 Å². The van der Waals surface area contributed by atoms with Crippen molar-refractivity contribution in [1.29, 1.82) is 0 Å². The van der Waals surface area contributed by atoms with E-state index < -0.39 is 24.6 Å². The van der Waals surface area contributed by atoms with Gasteiger partial charge in [-0.1, -0.05) is 64.1 Å². The number of aliphatic carboxylic acids is 1. The minimum atomic E-state index is -1.17. The molecule has 1 aliphatic carbocycles. The molecule has 4 rings (SSSR count). The first-order valence-electron chi connectivity index (χ1n) is 15.0. The van der Waals surface area contributed by atoms with Crippen molar-refractivity contribution in [2.75, 3.05) is 5.32 Å². The lowest BCUT2D eigenvalue weighted by atomic mass is 9.91. The predicted octanol–water partition coefficient (Wildman–Crippen LogP) is 7.41. The topological polar surface area (TPSA) is 112 Å². The normalized spacial score (nSPS) is 14.0. The van der Waals surface area contributed by atoms with Gasteiger partial charge in [-0.3, -0.25) is 9.59 Å². The minimum Gasteiger partial charge on any atom is -0.481 e. The number of carboxylic acid groups (broad SMARTS) is 1. The van der Waals surface area contributed by atoms with Crippen LogP contribution in [0.1, 0.15) is 87.3 Å². The lowest BCUT2D eigenvalue weighted by molar-refractivity contribution is -0.139. The van der Waals surface area contributed by atoms with Crippen LogP contribution >= 0.6 is 0 Å². The first kappa shape index (κ1) is 33.5. The molecule has 0 aliphatic heterocycles. The van der Waals surface area contributed by atoms with E-state index in [1.807, 2.05) is 68.7 Å². The molecule has 1 aliphatic rings. The number of amides is 1. The number of halogens is 1. The maximum atomic E-state index is 14.1. The summed E-state index contributed by atoms with van der Waals surface area (Å²) in [5.41, 5.74) is 5.04. The molecular weight excluding hydrogens is 547 g/mol. The molecule has 3 aromatic rings. The van der Waals surface area contributed by atoms with Crippen LogP contribution in [0.4, 0.5) is 10.1 Å². The van der Waals surface area contributed by atoms with E-state index in [-0.39, 0.29) is 30.5 Å². The molecule has 1 aromatic heterocycles. The number of rotatable bonds is 12. The Morgan fingerprint density at radius 3 is 2.23 bits per heavy atom. The molecule has 2 atom stereocenters. The molecular formula is C35H43FN2O5. The molecule has 0 spiro atoms. The summed E-state index contributed by atoms with van der Waals surface area (Å²) < 4.78 is 16.0. The van der Waals surface area contributed by atoms with Crippen LogP contribution in [-0.2, 0) is 11.3 Å². The summed E-state index contributed by atoms with van der Waals surface area (Å²) in [6, 6.07) is 15.4. The van der Waals surface area contributed by atoms with Gasteiger partial charge in [-0.15, -0.1) is 0 Å². The zero-order chi connectivity index (χ0) is 31.5. The Bertz CT molecular complexity index is 1420. The Morgan fingerprint density at radius 2 is 1.65 bits per heavy atom. The average molecular weight is 591 g/mol. The van der Waals surface area contributed by atoms with E-state index in [0.717, 1.165) is 40.9 Å². The lowest BCUT2D eigenvalue weighted by Gasteiger charge is -2.20. The molecule has 0 radical (unpaired) electrons. The van der Waals surface area contributed by atoms with Gasteiger partial charge in [0.2, 0.25) is 0 Å². The molecule has 8 heteroatoms. The van der Waals surface area contributed by atoms with Crippen molar-refractivity contribution in [1.82, 2.24) is 4.57 Å². The van der Waals surface area contributed by atoms with Crippen LogP contribution in [0.3, 0.4) is 0 Å². The van der Waals surface area contributed by atoms with Crippen molar-refractivity contribution >= 4 is 23.1 Å². The number of aliphatic hydroxyl groups is 2. The van der Waals surface area contributed by atoms with E-state index in [4.69, 9.17) is 5.11 Å². The largest absolute Gasteiger partial charge is 0.481 e. The molecule has 230 valence electrons. The number of hydrogen-bond donors (Lipinski definition) is 4. The lowest BCUT2D eigenvalue weighted by Crippen LogP contribution is -2.22. The van der Waals surface area contributed by atoms with Crippen LogP contribution in [0.25, 0.3) is 16.8 Å². The maximum Gasteiger partial charge on any atom is 0.305 e. The maximum absolute atomic E-state index is 14.1. The van der Waals surface area contributed by atoms with Crippen LogP contribution in [0.2, 0.25) is 0 Å². The number of nitrogens with one attached hydrogen (secondary N) is 1. The van der Waals surface area contributed by atoms with Gasteiger partial charge in [0.1, 0.15) is 5.82 Å². The Hall–Kier alpha value is -4.01. The van der Waals surface area contributed by atoms with Crippen molar-refractivity contribution in [2.24, 2.45) is 0 Å². The summed E-state index contributed by atoms with van der Waals surface area (Å²) in [5.74, 6) is -1.88. The fourth-order valence-corrected chi connectivity index (χ4v) is 5.40. The predicted molar refractivity (Wildman–Crippen MR) is 170 cm³/mol. The minimum absolute atomic E-state index is 0.0848. The standard InChI is InChI=1S/C33H37FN2O5.C2H6/c1-21(2)31-30(33(41)35-25-11-7-4-8-12-25)29(22-9-5-3-6-10-22)32(23-13-15-24(34)16-14-23)36(31)18-17-26(37)19-27(38)20-28(39)40;1-2/h4-5,7-16,21,26-27,37-38H,3,6,17-20H2,1-2H3,(H,35,41)(H,39,40);1-2H3. The van der Waals surface area contributed by atoms with Crippen LogP contribution in [0.15, 0.2) is 72.8 Å². The highest BCUT2D eigenvalue weighted by molar-refractivity contribution is 6.11. The first-order chi connectivity index (χ1) is 20.7. The van der Waals surface area contributed by atoms with Crippen molar-refractivity contribution in [3.63, 3.8) is 0 Å². The molecule has 2 unspecified atom stereocenters. The third-order valence-corrected chi connectivity index (χ3v) is 7.15. The van der Waals surface area contributed by atoms with Gasteiger partial charge in [-0.25, -0.2) is 4.39 Å². The Kier molecular flexibility index (Phi) is 12.5. The summed E-state index contributed by atoms with van der Waals surface area (Å²) in [5, 5.41) is 32.8. The van der Waals surface area contributed by atoms with Crippen LogP contribution in [-0.4, -0.2) is 44.0 Å². The molecule has 0 saturated heterocycles. The molecule has 0 fully saturated rings. The number of benzene rings is 2. The second-order valence-corrected chi connectivity index (χ2v) is 10.7. The Labute approximate surface area is 253 Å². The number of carbonyl (C=O) groups is 2. The highest BCUT2D eigenvalue weighted by Crippen LogP contribution is 2.41. The van der Waals surface area contributed by atoms with Crippen LogP contribution in [0, 0.1) is 5.82 Å². The number of nitrogens with zero attached hydrogens (tertiary/aromatic N) is 1. The third-order valence-electron chi connectivity index (χ3n) is 7.15. The summed E-state index contributed by atoms with van der Waals surface area (Å²) >= 11 is 0. The fraction of sp³-hybridized carbons (Fsp3) is 0.371. The van der Waals surface area contributed by atoms with Gasteiger partial charge in [0, 0.05) is 23.5 Å². The summed E-state index contributed by atoms with van der Waals surface area (Å²) in [6.07, 6.45) is 5.44. The van der Waals surface area contributed by atoms with Gasteiger partial charge in [0.15, 0.2) is 0 Å². The number of carboxylic acids is 1. The second kappa shape index (κ2) is 16.0. The van der Waals surface area contributed by atoms with Gasteiger partial charge in [0.25, 0.3) is 5.91 Å². The highest BCUT2D eigenvalue weighted by atomic mass is 19.1. The van der Waals surface area contributed by atoms with Gasteiger partial charge in [-0.05, 0) is 79.1 Å². The SMILES string of the molecule is CC.CC(C)c1c(C(=O)Nc2ccccc2)c(C2=CCCC=C2)c(-c2ccc(F)cc2)n1CCC(O)CC(O)CC(=O)O. The molecule has 0 bridgehead atoms. The number of aliphatic hydroxyl groups excluding tert-OH is 2. The van der Waals surface area contributed by atoms with E-state index in [9.17, 15) is 24.2 Å². The number of allylic oxidation sites excluding steroid dienone is 4. The zero-order valence-electron chi connectivity index (χ0n) is 25.4. The van der Waals surface area contributed by atoms with E-state index >= 15 is 0 Å². The number of aromatic nitrogens is 1. The molecule has 7 nitrogen and oxygen atoms in total. The van der Waals surface area contributed by atoms with Crippen LogP contribution < -0.4 is 5.32 Å². The van der Waals surface area contributed by atoms with Gasteiger partial charge in [0.05, 0.1) is 29.9 Å². The smallest absolute Gasteiger partial charge is 0.305 e. The van der Waals surface area contributed by atoms with Crippen molar-refractivity contribution in [3.8, 4) is 11.3 Å². The van der Waals surface area contributed by atoms with Gasteiger partial charge >= 0.3 is 5.97 Å². The first-order valence-corrected chi connectivity index (χ1v) is 15.0. The highest BCUT2D eigenvalue weighted by Gasteiger charge is 2.31. The third kappa shape index (κ3) is 8.75. The van der Waals surface area contributed by atoms with Crippen molar-refractivity contribution in [2.45, 2.75) is 84.5 Å². The monoisotopic (exact) mass is 590 g/mol. The molecule has 0 saturated carbocycles. The number of para-hydroxylation sites is 1. The quantitative estimate of drug-likeness (QED) is 0.176. The van der Waals surface area contributed by atoms with Crippen molar-refractivity contribution in [3.05, 3.63) is 95.5 Å². The molecule has 4 N–H and O–H groups in total. The van der Waals surface area contributed by atoms with E-state index in [0.29, 0.717) is 17.8 Å². The summed E-state index contributed by atoms with van der Waals surface area (Å²) in [4.78, 5) is 25.0. The van der Waals surface area contributed by atoms with Gasteiger partial charge < -0.3 is 25.2 Å². The van der Waals surface area contributed by atoms with E-state index in [1.165, 1.54) is 12.1 Å². The average Bonchev–Trinajstić information content (AvgIpc) is 3.33. The van der Waals surface area contributed by atoms with Gasteiger partial charge in [-0.2, -0.15) is 0 Å². The fourth-order valence-electron chi connectivity index (χ4n) is 5.40. The molecule has 1 amide bonds. The number of hydrogen-bond acceptors (Lipinski definition) is 4. The number of anilines is 1. The second-order valence-electron chi connectivity index (χ2n) is 10.7.